The highest BCUT2D eigenvalue weighted by Gasteiger charge is 2.27. The Kier molecular flexibility index (Phi) is 27.7. The Morgan fingerprint density at radius 1 is 0.378 bits per heavy atom. The first-order valence-electron chi connectivity index (χ1n) is 29.4. The molecule has 0 aliphatic heterocycles. The topological polar surface area (TPSA) is 166 Å². The van der Waals surface area contributed by atoms with Crippen molar-refractivity contribution in [2.24, 2.45) is 0 Å². The lowest BCUT2D eigenvalue weighted by Crippen LogP contribution is -2.33. The van der Waals surface area contributed by atoms with Crippen LogP contribution in [0.5, 0.6) is 0 Å². The smallest absolute Gasteiger partial charge is 0.258 e. The maximum atomic E-state index is 16.6. The molecule has 5 N–H and O–H groups in total. The van der Waals surface area contributed by atoms with Gasteiger partial charge in [0.1, 0.15) is 17.5 Å². The van der Waals surface area contributed by atoms with Gasteiger partial charge in [-0.2, -0.15) is 0 Å². The molecule has 17 heteroatoms. The van der Waals surface area contributed by atoms with Crippen LogP contribution >= 0.6 is 0 Å². The monoisotopic (exact) mass is 1140 g/mol. The maximum Gasteiger partial charge on any atom is 0.258 e. The van der Waals surface area contributed by atoms with Crippen molar-refractivity contribution in [3.63, 3.8) is 0 Å². The Bertz CT molecular complexity index is 2940. The summed E-state index contributed by atoms with van der Waals surface area (Å²) in [6.45, 7) is 8.47. The highest BCUT2D eigenvalue weighted by Crippen LogP contribution is 2.31. The maximum absolute atomic E-state index is 16.6. The molecule has 12 nitrogen and oxygen atoms in total. The number of anilines is 5. The van der Waals surface area contributed by atoms with Crippen LogP contribution in [0.2, 0.25) is 0 Å². The number of rotatable bonds is 35. The van der Waals surface area contributed by atoms with Gasteiger partial charge in [-0.1, -0.05) is 167 Å². The molecular weight excluding hydrogens is 1060 g/mol. The lowest BCUT2D eigenvalue weighted by atomic mass is 10.0. The fraction of sp³-hybridized carbons (Fsp3) is 0.446. The van der Waals surface area contributed by atoms with Crippen LogP contribution in [-0.4, -0.2) is 53.4 Å². The van der Waals surface area contributed by atoms with Crippen molar-refractivity contribution in [3.8, 4) is 0 Å². The number of para-hydroxylation sites is 1. The van der Waals surface area contributed by atoms with Crippen LogP contribution in [0.4, 0.5) is 50.4 Å². The van der Waals surface area contributed by atoms with Gasteiger partial charge in [0.25, 0.3) is 29.5 Å². The predicted octanol–water partition coefficient (Wildman–Crippen LogP) is 17.0. The van der Waals surface area contributed by atoms with E-state index in [0.717, 1.165) is 159 Å². The fourth-order valence-electron chi connectivity index (χ4n) is 9.70. The largest absolute Gasteiger partial charge is 0.339 e. The van der Waals surface area contributed by atoms with Crippen molar-refractivity contribution in [2.75, 3.05) is 39.7 Å². The van der Waals surface area contributed by atoms with Gasteiger partial charge in [0.2, 0.25) is 5.91 Å². The molecule has 0 aliphatic carbocycles. The molecule has 0 saturated carbocycles. The Labute approximate surface area is 480 Å². The molecule has 0 heterocycles. The summed E-state index contributed by atoms with van der Waals surface area (Å²) in [5, 5.41) is 11.7. The molecule has 0 atom stereocenters. The van der Waals surface area contributed by atoms with Gasteiger partial charge in [-0.05, 0) is 91.9 Å². The van der Waals surface area contributed by atoms with Crippen LogP contribution < -0.4 is 26.6 Å². The minimum absolute atomic E-state index is 0.0262. The third-order valence-electron chi connectivity index (χ3n) is 14.3. The third kappa shape index (κ3) is 20.2. The molecule has 0 saturated heterocycles. The lowest BCUT2D eigenvalue weighted by molar-refractivity contribution is -0.114. The second-order valence-electron chi connectivity index (χ2n) is 21.0. The van der Waals surface area contributed by atoms with Crippen molar-refractivity contribution < 1.29 is 50.7 Å². The number of halogens is 5. The number of hydrogen-bond acceptors (Lipinski definition) is 6. The SMILES string of the molecule is CCCCCCCCCCCCc1cc(NC(=O)c2cccc(C(=O)Nc3ccccc3F)c2F)c(F)c(NC(=O)c2cccc(C(=O)Nc3cc(C(=O)N(CCCCCCCC)CCCCCCCC)cc(NC(C)=O)c3F)c2F)c1. The second-order valence-corrected chi connectivity index (χ2v) is 21.0. The van der Waals surface area contributed by atoms with E-state index in [1.165, 1.54) is 67.8 Å². The molecule has 6 amide bonds. The number of nitrogens with zero attached hydrogens (tertiary/aromatic N) is 1. The van der Waals surface area contributed by atoms with Gasteiger partial charge in [0, 0.05) is 25.6 Å². The summed E-state index contributed by atoms with van der Waals surface area (Å²) < 4.78 is 79.7. The van der Waals surface area contributed by atoms with Gasteiger partial charge in [-0.15, -0.1) is 0 Å². The van der Waals surface area contributed by atoms with Crippen LogP contribution in [0.1, 0.15) is 226 Å². The van der Waals surface area contributed by atoms with Gasteiger partial charge in [0.15, 0.2) is 11.6 Å². The van der Waals surface area contributed by atoms with E-state index in [4.69, 9.17) is 0 Å². The molecule has 0 aliphatic rings. The summed E-state index contributed by atoms with van der Waals surface area (Å²) in [7, 11) is 0. The quantitative estimate of drug-likeness (QED) is 0.0200. The van der Waals surface area contributed by atoms with Crippen LogP contribution in [0.15, 0.2) is 84.9 Å². The molecule has 0 bridgehead atoms. The standard InChI is InChI=1S/C65H81F5N6O6/c1-5-8-11-14-17-18-19-20-21-24-31-45-40-53(73-62(79)48-33-29-32-47(57(48)67)61(78)72-52-37-26-25-36-51(52)66)59(69)54(41-45)74-63(80)49-34-30-35-50(58(49)68)64(81)75-56-43-46(42-55(60(56)70)71-44(4)77)65(82)76(38-27-22-15-12-9-6-2)39-28-23-16-13-10-7-3/h25-26,29-30,32-37,40-43H,5-24,27-28,31,38-39H2,1-4H3,(H,71,77)(H,72,78)(H,73,79)(H,74,80)(H,75,81). The van der Waals surface area contributed by atoms with Crippen LogP contribution in [-0.2, 0) is 11.2 Å². The molecule has 0 radical (unpaired) electrons. The summed E-state index contributed by atoms with van der Waals surface area (Å²) in [6, 6.07) is 16.9. The molecule has 0 spiro atoms. The van der Waals surface area contributed by atoms with Crippen molar-refractivity contribution in [3.05, 3.63) is 147 Å². The number of unbranched alkanes of at least 4 members (excludes halogenated alkanes) is 19. The van der Waals surface area contributed by atoms with Gasteiger partial charge in [0.05, 0.1) is 50.7 Å². The Morgan fingerprint density at radius 2 is 0.720 bits per heavy atom. The molecule has 5 rings (SSSR count). The summed E-state index contributed by atoms with van der Waals surface area (Å²) in [4.78, 5) is 83.0. The minimum Gasteiger partial charge on any atom is -0.339 e. The predicted molar refractivity (Wildman–Crippen MR) is 316 cm³/mol. The molecule has 5 aromatic carbocycles. The lowest BCUT2D eigenvalue weighted by Gasteiger charge is -2.24. The van der Waals surface area contributed by atoms with E-state index in [9.17, 15) is 33.2 Å². The van der Waals surface area contributed by atoms with Crippen molar-refractivity contribution in [1.82, 2.24) is 4.90 Å². The van der Waals surface area contributed by atoms with Gasteiger partial charge in [-0.3, -0.25) is 28.8 Å². The molecular formula is C65H81F5N6O6. The number of benzene rings is 5. The number of hydrogen-bond donors (Lipinski definition) is 5. The average molecular weight is 1140 g/mol. The molecule has 0 fully saturated rings. The molecule has 0 unspecified atom stereocenters. The molecule has 442 valence electrons. The minimum atomic E-state index is -1.36. The Balaban J connectivity index is 1.40. The number of aryl methyl sites for hydroxylation is 1. The highest BCUT2D eigenvalue weighted by molar-refractivity contribution is 6.11. The van der Waals surface area contributed by atoms with Crippen LogP contribution in [0, 0.1) is 29.1 Å². The number of carbonyl (C=O) groups is 6. The first-order chi connectivity index (χ1) is 39.6. The summed E-state index contributed by atoms with van der Waals surface area (Å²) in [5.41, 5.74) is -4.38. The summed E-state index contributed by atoms with van der Waals surface area (Å²) >= 11 is 0. The molecule has 82 heavy (non-hydrogen) atoms. The van der Waals surface area contributed by atoms with Gasteiger partial charge < -0.3 is 31.5 Å². The van der Waals surface area contributed by atoms with Gasteiger partial charge in [-0.25, -0.2) is 22.0 Å². The molecule has 0 aromatic heterocycles. The van der Waals surface area contributed by atoms with Crippen molar-refractivity contribution in [2.45, 2.75) is 175 Å². The normalized spacial score (nSPS) is 11.0. The number of amides is 6. The van der Waals surface area contributed by atoms with E-state index in [1.54, 1.807) is 4.90 Å². The second kappa shape index (κ2) is 34.8. The Hall–Kier alpha value is -7.43. The average Bonchev–Trinajstić information content (AvgIpc) is 3.62. The van der Waals surface area contributed by atoms with E-state index in [2.05, 4.69) is 47.4 Å². The Morgan fingerprint density at radius 3 is 1.11 bits per heavy atom. The van der Waals surface area contributed by atoms with E-state index in [0.29, 0.717) is 31.5 Å². The zero-order valence-corrected chi connectivity index (χ0v) is 48.0. The van der Waals surface area contributed by atoms with Crippen LogP contribution in [0.3, 0.4) is 0 Å². The van der Waals surface area contributed by atoms with E-state index < -0.39 is 110 Å². The third-order valence-corrected chi connectivity index (χ3v) is 14.3. The molecule has 5 aromatic rings. The summed E-state index contributed by atoms with van der Waals surface area (Å²) in [6.07, 6.45) is 22.7. The fourth-order valence-corrected chi connectivity index (χ4v) is 9.70. The van der Waals surface area contributed by atoms with Gasteiger partial charge >= 0.3 is 0 Å². The number of carbonyl (C=O) groups excluding carboxylic acids is 6. The number of nitrogens with one attached hydrogen (secondary N) is 5. The van der Waals surface area contributed by atoms with E-state index in [1.807, 2.05) is 0 Å². The first kappa shape index (κ1) is 65.4. The summed E-state index contributed by atoms with van der Waals surface area (Å²) in [5.74, 6) is -11.4. The van der Waals surface area contributed by atoms with Crippen molar-refractivity contribution >= 4 is 63.9 Å². The zero-order chi connectivity index (χ0) is 59.4. The van der Waals surface area contributed by atoms with E-state index in [-0.39, 0.29) is 11.3 Å². The van der Waals surface area contributed by atoms with Crippen LogP contribution in [0.25, 0.3) is 0 Å². The van der Waals surface area contributed by atoms with E-state index >= 15 is 17.6 Å². The van der Waals surface area contributed by atoms with Crippen molar-refractivity contribution in [1.29, 1.82) is 0 Å². The first-order valence-corrected chi connectivity index (χ1v) is 29.4. The highest BCUT2D eigenvalue weighted by atomic mass is 19.1. The zero-order valence-electron chi connectivity index (χ0n) is 48.0.